The number of hydrogen-bond acceptors (Lipinski definition) is 2. The number of benzene rings is 9. The van der Waals surface area contributed by atoms with E-state index < -0.39 is 0 Å². The minimum Gasteiger partial charge on any atom is -0.311 e. The van der Waals surface area contributed by atoms with Crippen LogP contribution < -0.4 is 64.4 Å². The third kappa shape index (κ3) is 8.35. The van der Waals surface area contributed by atoms with E-state index in [9.17, 15) is 0 Å². The molecule has 0 heterocycles. The Morgan fingerprint density at radius 1 is 0.182 bits per heavy atom. The van der Waals surface area contributed by atoms with Crippen molar-refractivity contribution >= 4 is 167 Å². The monoisotopic (exact) mass is 836 g/mol. The van der Waals surface area contributed by atoms with E-state index in [1.54, 1.807) is 0 Å². The van der Waals surface area contributed by atoms with Crippen LogP contribution in [-0.4, -0.2) is 78.5 Å². The summed E-state index contributed by atoms with van der Waals surface area (Å²) in [6.45, 7) is 0. The van der Waals surface area contributed by atoms with Crippen LogP contribution in [0, 0.1) is 0 Å². The molecule has 0 spiro atoms. The van der Waals surface area contributed by atoms with Gasteiger partial charge in [0.1, 0.15) is 78.5 Å². The van der Waals surface area contributed by atoms with Crippen LogP contribution in [-0.2, 0) is 0 Å². The van der Waals surface area contributed by atoms with Crippen LogP contribution in [0.1, 0.15) is 0 Å². The topological polar surface area (TPSA) is 6.48 Å². The maximum Gasteiger partial charge on any atom is 0.139 e. The smallest absolute Gasteiger partial charge is 0.139 e. The average molecular weight is 835 g/mol. The minimum absolute atomic E-state index is 1.12. The minimum atomic E-state index is 1.12. The summed E-state index contributed by atoms with van der Waals surface area (Å²) in [4.78, 5) is 4.68. The normalized spacial score (nSPS) is 11.0. The lowest BCUT2D eigenvalue weighted by Crippen LogP contribution is -2.55. The second-order valence-corrected chi connectivity index (χ2v) is 18.1. The van der Waals surface area contributed by atoms with Crippen LogP contribution in [0.3, 0.4) is 0 Å². The largest absolute Gasteiger partial charge is 0.311 e. The standard InChI is InChI=1S/C54H50B10N2/c55-45-43(46(56)50(60)53(63)49(45)59)35-19-27-41(28-20-35)65(37-7-3-1-4-8-37)39-23-15-33(16-24-39)31-11-13-32(14-12-31)34-17-25-40(26-18-34)66(38-9-5-2-6-10-38)42-29-21-36(22-30-42)44-47(57)51(61)54(64)52(62)48(44)58/h1-30H,55-64H2. The van der Waals surface area contributed by atoms with E-state index in [2.05, 4.69) is 270 Å². The van der Waals surface area contributed by atoms with Crippen molar-refractivity contribution in [1.29, 1.82) is 0 Å². The van der Waals surface area contributed by atoms with Gasteiger partial charge in [-0.05, 0) is 117 Å². The molecule has 0 atom stereocenters. The Morgan fingerprint density at radius 2 is 0.364 bits per heavy atom. The second kappa shape index (κ2) is 18.6. The maximum atomic E-state index is 2.34. The summed E-state index contributed by atoms with van der Waals surface area (Å²) in [5.74, 6) is 0. The van der Waals surface area contributed by atoms with Crippen molar-refractivity contribution in [2.45, 2.75) is 0 Å². The maximum absolute atomic E-state index is 2.34. The van der Waals surface area contributed by atoms with E-state index in [4.69, 9.17) is 0 Å². The highest BCUT2D eigenvalue weighted by atomic mass is 15.1. The quantitative estimate of drug-likeness (QED) is 0.146. The lowest BCUT2D eigenvalue weighted by molar-refractivity contribution is 1.28. The van der Waals surface area contributed by atoms with Crippen molar-refractivity contribution in [1.82, 2.24) is 0 Å². The van der Waals surface area contributed by atoms with Gasteiger partial charge in [0, 0.05) is 34.1 Å². The molecule has 0 N–H and O–H groups in total. The van der Waals surface area contributed by atoms with Gasteiger partial charge in [-0.15, -0.1) is 32.8 Å². The molecule has 0 saturated carbocycles. The van der Waals surface area contributed by atoms with Crippen LogP contribution in [0.2, 0.25) is 0 Å². The van der Waals surface area contributed by atoms with E-state index in [0.29, 0.717) is 0 Å². The van der Waals surface area contributed by atoms with Gasteiger partial charge in [0.15, 0.2) is 0 Å². The molecule has 0 fully saturated rings. The second-order valence-electron chi connectivity index (χ2n) is 18.1. The van der Waals surface area contributed by atoms with E-state index in [1.807, 2.05) is 0 Å². The van der Waals surface area contributed by atoms with Crippen LogP contribution in [0.4, 0.5) is 34.1 Å². The summed E-state index contributed by atoms with van der Waals surface area (Å²) < 4.78 is 0. The number of anilines is 6. The summed E-state index contributed by atoms with van der Waals surface area (Å²) in [5.41, 5.74) is 30.4. The molecule has 9 aromatic rings. The zero-order chi connectivity index (χ0) is 46.2. The highest BCUT2D eigenvalue weighted by molar-refractivity contribution is 6.70. The van der Waals surface area contributed by atoms with Gasteiger partial charge < -0.3 is 9.80 Å². The molecule has 0 saturated heterocycles. The van der Waals surface area contributed by atoms with Crippen molar-refractivity contribution in [3.63, 3.8) is 0 Å². The molecule has 9 rings (SSSR count). The van der Waals surface area contributed by atoms with E-state index in [1.165, 1.54) is 99.1 Å². The number of rotatable bonds is 10. The molecule has 0 aromatic heterocycles. The number of para-hydroxylation sites is 2. The third-order valence-corrected chi connectivity index (χ3v) is 14.7. The Kier molecular flexibility index (Phi) is 12.5. The first kappa shape index (κ1) is 44.4. The molecule has 12 heteroatoms. The van der Waals surface area contributed by atoms with E-state index in [-0.39, 0.29) is 0 Å². The van der Waals surface area contributed by atoms with Crippen molar-refractivity contribution < 1.29 is 0 Å². The molecule has 0 bridgehead atoms. The van der Waals surface area contributed by atoms with Crippen molar-refractivity contribution in [3.05, 3.63) is 182 Å². The van der Waals surface area contributed by atoms with Crippen molar-refractivity contribution in [3.8, 4) is 44.5 Å². The first-order valence-corrected chi connectivity index (χ1v) is 23.3. The highest BCUT2D eigenvalue weighted by Gasteiger charge is 2.18. The summed E-state index contributed by atoms with van der Waals surface area (Å²) in [6, 6.07) is 66.4. The summed E-state index contributed by atoms with van der Waals surface area (Å²) in [7, 11) is 22.5. The number of hydrogen-bond donors (Lipinski definition) is 0. The molecule has 306 valence electrons. The summed E-state index contributed by atoms with van der Waals surface area (Å²) in [6.07, 6.45) is 0. The molecule has 0 radical (unpaired) electrons. The zero-order valence-corrected chi connectivity index (χ0v) is 40.2. The van der Waals surface area contributed by atoms with Crippen molar-refractivity contribution in [2.75, 3.05) is 9.80 Å². The molecule has 0 aliphatic rings. The first-order chi connectivity index (χ1) is 31.9. The predicted octanol–water partition coefficient (Wildman–Crippen LogP) is -2.12. The Hall–Kier alpha value is -6.77. The first-order valence-electron chi connectivity index (χ1n) is 23.3. The SMILES string of the molecule is Bc1c(B)c(B)c(-c2ccc(N(c3ccccc3)c3ccc(-c4ccc(-c5ccc(N(c6ccccc6)c6ccc(-c7c(B)c(B)c(B)c(B)c7B)cc6)cc5)cc4)cc3)cc2)c(B)c1B. The summed E-state index contributed by atoms with van der Waals surface area (Å²) in [5, 5.41) is 0. The fraction of sp³-hybridized carbons (Fsp3) is 0. The Labute approximate surface area is 401 Å². The molecule has 0 aliphatic carbocycles. The Morgan fingerprint density at radius 3 is 0.606 bits per heavy atom. The van der Waals surface area contributed by atoms with Gasteiger partial charge in [-0.1, -0.05) is 131 Å². The predicted molar refractivity (Wildman–Crippen MR) is 319 cm³/mol. The van der Waals surface area contributed by atoms with E-state index >= 15 is 0 Å². The van der Waals surface area contributed by atoms with Crippen LogP contribution in [0.15, 0.2) is 182 Å². The van der Waals surface area contributed by atoms with Gasteiger partial charge in [-0.2, -0.15) is 0 Å². The van der Waals surface area contributed by atoms with Gasteiger partial charge >= 0.3 is 0 Å². The molecular weight excluding hydrogens is 785 g/mol. The zero-order valence-electron chi connectivity index (χ0n) is 40.2. The Balaban J connectivity index is 0.956. The van der Waals surface area contributed by atoms with Crippen LogP contribution in [0.5, 0.6) is 0 Å². The molecule has 66 heavy (non-hydrogen) atoms. The van der Waals surface area contributed by atoms with Crippen LogP contribution >= 0.6 is 0 Å². The number of nitrogens with zero attached hydrogens (tertiary/aromatic N) is 2. The van der Waals surface area contributed by atoms with Gasteiger partial charge in [0.25, 0.3) is 0 Å². The fourth-order valence-electron chi connectivity index (χ4n) is 9.93. The highest BCUT2D eigenvalue weighted by Crippen LogP contribution is 2.38. The summed E-state index contributed by atoms with van der Waals surface area (Å²) >= 11 is 0. The van der Waals surface area contributed by atoms with Crippen molar-refractivity contribution in [2.24, 2.45) is 0 Å². The third-order valence-electron chi connectivity index (χ3n) is 14.7. The molecular formula is C54H50B10N2. The van der Waals surface area contributed by atoms with Crippen LogP contribution in [0.25, 0.3) is 44.5 Å². The van der Waals surface area contributed by atoms with Gasteiger partial charge in [0.05, 0.1) is 0 Å². The van der Waals surface area contributed by atoms with Gasteiger partial charge in [0.2, 0.25) is 0 Å². The molecule has 2 nitrogen and oxygen atoms in total. The molecule has 0 amide bonds. The van der Waals surface area contributed by atoms with Gasteiger partial charge in [-0.3, -0.25) is 0 Å². The molecule has 9 aromatic carbocycles. The fourth-order valence-corrected chi connectivity index (χ4v) is 9.93. The van der Waals surface area contributed by atoms with E-state index in [0.717, 1.165) is 34.1 Å². The molecule has 0 aliphatic heterocycles. The lowest BCUT2D eigenvalue weighted by Gasteiger charge is -2.26. The average Bonchev–Trinajstić information content (AvgIpc) is 3.36. The lowest BCUT2D eigenvalue weighted by atomic mass is 9.59. The Bertz CT molecular complexity index is 2920. The van der Waals surface area contributed by atoms with Gasteiger partial charge in [-0.25, -0.2) is 0 Å². The molecule has 0 unspecified atom stereocenters.